The Morgan fingerprint density at radius 3 is 2.52 bits per heavy atom. The Bertz CT molecular complexity index is 895. The summed E-state index contributed by atoms with van der Waals surface area (Å²) in [6.45, 7) is 0.254. The minimum atomic E-state index is -0.728. The van der Waals surface area contributed by atoms with E-state index in [2.05, 4.69) is 10.6 Å². The van der Waals surface area contributed by atoms with Gasteiger partial charge in [-0.05, 0) is 35.9 Å². The van der Waals surface area contributed by atoms with Gasteiger partial charge in [0.05, 0.1) is 12.8 Å². The largest absolute Gasteiger partial charge is 0.467 e. The molecule has 3 aromatic rings. The summed E-state index contributed by atoms with van der Waals surface area (Å²) >= 11 is 5.95. The van der Waals surface area contributed by atoms with Gasteiger partial charge in [-0.1, -0.05) is 48.0 Å². The van der Waals surface area contributed by atoms with E-state index in [0.717, 1.165) is 5.56 Å². The third-order valence-electron chi connectivity index (χ3n) is 4.01. The number of hydrogen-bond donors (Lipinski definition) is 2. The molecule has 0 radical (unpaired) electrons. The maximum absolute atomic E-state index is 12.7. The highest BCUT2D eigenvalue weighted by Crippen LogP contribution is 2.11. The molecule has 0 bridgehead atoms. The highest BCUT2D eigenvalue weighted by molar-refractivity contribution is 6.31. The lowest BCUT2D eigenvalue weighted by Gasteiger charge is -2.18. The standard InChI is InChI=1S/C21H19ClN2O3/c22-17-9-4-8-16(13-17)20(25)24-19(12-15-6-2-1-3-7-15)21(26)23-14-18-10-5-11-27-18/h1-11,13,19H,12,14H2,(H,23,26)(H,24,25)/t19-/m0/s1. The fourth-order valence-corrected chi connectivity index (χ4v) is 2.83. The van der Waals surface area contributed by atoms with Crippen LogP contribution in [0, 0.1) is 0 Å². The molecule has 3 rings (SSSR count). The van der Waals surface area contributed by atoms with E-state index in [4.69, 9.17) is 16.0 Å². The van der Waals surface area contributed by atoms with Crippen molar-refractivity contribution in [3.05, 3.63) is 94.9 Å². The molecule has 0 saturated carbocycles. The normalized spacial score (nSPS) is 11.6. The predicted molar refractivity (Wildman–Crippen MR) is 103 cm³/mol. The van der Waals surface area contributed by atoms with Gasteiger partial charge in [0, 0.05) is 17.0 Å². The smallest absolute Gasteiger partial charge is 0.251 e. The highest BCUT2D eigenvalue weighted by atomic mass is 35.5. The van der Waals surface area contributed by atoms with Crippen molar-refractivity contribution >= 4 is 23.4 Å². The molecule has 0 unspecified atom stereocenters. The summed E-state index contributed by atoms with van der Waals surface area (Å²) in [5.74, 6) is 0.000176. The molecule has 2 aromatic carbocycles. The van der Waals surface area contributed by atoms with Crippen molar-refractivity contribution in [2.45, 2.75) is 19.0 Å². The van der Waals surface area contributed by atoms with Crippen LogP contribution in [0.1, 0.15) is 21.7 Å². The van der Waals surface area contributed by atoms with Gasteiger partial charge >= 0.3 is 0 Å². The molecule has 2 amide bonds. The van der Waals surface area contributed by atoms with Gasteiger partial charge in [-0.15, -0.1) is 0 Å². The average Bonchev–Trinajstić information content (AvgIpc) is 3.20. The van der Waals surface area contributed by atoms with Crippen LogP contribution in [0.2, 0.25) is 5.02 Å². The van der Waals surface area contributed by atoms with E-state index in [1.807, 2.05) is 30.3 Å². The first-order valence-corrected chi connectivity index (χ1v) is 8.90. The van der Waals surface area contributed by atoms with Gasteiger partial charge in [0.15, 0.2) is 0 Å². The molecule has 0 fully saturated rings. The monoisotopic (exact) mass is 382 g/mol. The number of carbonyl (C=O) groups excluding carboxylic acids is 2. The zero-order chi connectivity index (χ0) is 19.1. The molecule has 0 aliphatic carbocycles. The quantitative estimate of drug-likeness (QED) is 0.656. The predicted octanol–water partition coefficient (Wildman–Crippen LogP) is 3.59. The Morgan fingerprint density at radius 1 is 1.00 bits per heavy atom. The third kappa shape index (κ3) is 5.46. The van der Waals surface area contributed by atoms with Crippen LogP contribution in [-0.4, -0.2) is 17.9 Å². The fourth-order valence-electron chi connectivity index (χ4n) is 2.64. The minimum absolute atomic E-state index is 0.254. The van der Waals surface area contributed by atoms with E-state index in [1.54, 1.807) is 42.7 Å². The first-order valence-electron chi connectivity index (χ1n) is 8.52. The number of rotatable bonds is 7. The Kier molecular flexibility index (Phi) is 6.28. The molecule has 1 heterocycles. The van der Waals surface area contributed by atoms with Crippen LogP contribution in [-0.2, 0) is 17.8 Å². The van der Waals surface area contributed by atoms with Gasteiger partial charge < -0.3 is 15.1 Å². The molecule has 0 aliphatic heterocycles. The lowest BCUT2D eigenvalue weighted by molar-refractivity contribution is -0.123. The summed E-state index contributed by atoms with van der Waals surface area (Å²) in [6.07, 6.45) is 1.92. The molecule has 2 N–H and O–H groups in total. The van der Waals surface area contributed by atoms with Crippen LogP contribution >= 0.6 is 11.6 Å². The number of carbonyl (C=O) groups is 2. The van der Waals surface area contributed by atoms with E-state index in [9.17, 15) is 9.59 Å². The van der Waals surface area contributed by atoms with E-state index < -0.39 is 6.04 Å². The van der Waals surface area contributed by atoms with Crippen molar-refractivity contribution in [3.8, 4) is 0 Å². The van der Waals surface area contributed by atoms with Crippen molar-refractivity contribution in [1.29, 1.82) is 0 Å². The third-order valence-corrected chi connectivity index (χ3v) is 4.24. The summed E-state index contributed by atoms with van der Waals surface area (Å²) in [4.78, 5) is 25.2. The number of halogens is 1. The zero-order valence-corrected chi connectivity index (χ0v) is 15.3. The molecule has 0 spiro atoms. The van der Waals surface area contributed by atoms with Crippen molar-refractivity contribution in [1.82, 2.24) is 10.6 Å². The summed E-state index contributed by atoms with van der Waals surface area (Å²) in [5.41, 5.74) is 1.35. The number of benzene rings is 2. The molecule has 5 nitrogen and oxygen atoms in total. The molecule has 27 heavy (non-hydrogen) atoms. The second kappa shape index (κ2) is 9.05. The Balaban J connectivity index is 1.72. The molecule has 0 aliphatic rings. The number of furan rings is 1. The van der Waals surface area contributed by atoms with E-state index in [0.29, 0.717) is 22.8 Å². The summed E-state index contributed by atoms with van der Waals surface area (Å²) in [7, 11) is 0. The summed E-state index contributed by atoms with van der Waals surface area (Å²) < 4.78 is 5.23. The van der Waals surface area contributed by atoms with E-state index in [1.165, 1.54) is 0 Å². The van der Waals surface area contributed by atoms with Crippen LogP contribution < -0.4 is 10.6 Å². The molecular formula is C21H19ClN2O3. The Morgan fingerprint density at radius 2 is 1.81 bits per heavy atom. The number of amides is 2. The molecule has 0 saturated heterocycles. The van der Waals surface area contributed by atoms with Gasteiger partial charge in [0.25, 0.3) is 5.91 Å². The fraction of sp³-hybridized carbons (Fsp3) is 0.143. The van der Waals surface area contributed by atoms with Gasteiger partial charge in [0.1, 0.15) is 11.8 Å². The summed E-state index contributed by atoms with van der Waals surface area (Å²) in [5, 5.41) is 6.06. The lowest BCUT2D eigenvalue weighted by Crippen LogP contribution is -2.47. The van der Waals surface area contributed by atoms with Gasteiger partial charge in [0.2, 0.25) is 5.91 Å². The lowest BCUT2D eigenvalue weighted by atomic mass is 10.0. The molecule has 1 aromatic heterocycles. The average molecular weight is 383 g/mol. The Hall–Kier alpha value is -3.05. The molecular weight excluding hydrogens is 364 g/mol. The second-order valence-corrected chi connectivity index (χ2v) is 6.46. The summed E-state index contributed by atoms with van der Waals surface area (Å²) in [6, 6.07) is 18.9. The minimum Gasteiger partial charge on any atom is -0.467 e. The van der Waals surface area contributed by atoms with Gasteiger partial charge in [-0.25, -0.2) is 0 Å². The topological polar surface area (TPSA) is 71.3 Å². The van der Waals surface area contributed by atoms with Crippen LogP contribution in [0.5, 0.6) is 0 Å². The maximum Gasteiger partial charge on any atom is 0.251 e. The number of nitrogens with one attached hydrogen (secondary N) is 2. The van der Waals surface area contributed by atoms with Crippen molar-refractivity contribution in [2.75, 3.05) is 0 Å². The van der Waals surface area contributed by atoms with E-state index >= 15 is 0 Å². The highest BCUT2D eigenvalue weighted by Gasteiger charge is 2.22. The van der Waals surface area contributed by atoms with Crippen LogP contribution in [0.15, 0.2) is 77.4 Å². The van der Waals surface area contributed by atoms with E-state index in [-0.39, 0.29) is 18.4 Å². The zero-order valence-electron chi connectivity index (χ0n) is 14.5. The molecule has 138 valence electrons. The molecule has 6 heteroatoms. The van der Waals surface area contributed by atoms with Gasteiger partial charge in [-0.3, -0.25) is 9.59 Å². The van der Waals surface area contributed by atoms with Crippen LogP contribution in [0.3, 0.4) is 0 Å². The Labute approximate surface area is 162 Å². The first kappa shape index (κ1) is 18.7. The molecule has 1 atom stereocenters. The van der Waals surface area contributed by atoms with Crippen LogP contribution in [0.25, 0.3) is 0 Å². The SMILES string of the molecule is O=C(N[C@@H](Cc1ccccc1)C(=O)NCc1ccco1)c1cccc(Cl)c1. The maximum atomic E-state index is 12.7. The second-order valence-electron chi connectivity index (χ2n) is 6.02. The first-order chi connectivity index (χ1) is 13.1. The van der Waals surface area contributed by atoms with Crippen LogP contribution in [0.4, 0.5) is 0 Å². The van der Waals surface area contributed by atoms with Crippen molar-refractivity contribution < 1.29 is 14.0 Å². The van der Waals surface area contributed by atoms with Crippen molar-refractivity contribution in [3.63, 3.8) is 0 Å². The van der Waals surface area contributed by atoms with Crippen molar-refractivity contribution in [2.24, 2.45) is 0 Å². The number of hydrogen-bond acceptors (Lipinski definition) is 3. The van der Waals surface area contributed by atoms with Gasteiger partial charge in [-0.2, -0.15) is 0 Å².